The van der Waals surface area contributed by atoms with E-state index in [0.717, 1.165) is 43.2 Å². The van der Waals surface area contributed by atoms with Gasteiger partial charge in [-0.3, -0.25) is 9.88 Å². The van der Waals surface area contributed by atoms with E-state index in [2.05, 4.69) is 25.9 Å². The summed E-state index contributed by atoms with van der Waals surface area (Å²) in [7, 11) is 0. The molecule has 1 aliphatic heterocycles. The molecule has 0 radical (unpaired) electrons. The molecule has 0 atom stereocenters. The zero-order valence-electron chi connectivity index (χ0n) is 12.1. The Kier molecular flexibility index (Phi) is 3.40. The summed E-state index contributed by atoms with van der Waals surface area (Å²) >= 11 is 0. The van der Waals surface area contributed by atoms with Gasteiger partial charge in [-0.2, -0.15) is 0 Å². The molecule has 0 N–H and O–H groups in total. The van der Waals surface area contributed by atoms with Crippen molar-refractivity contribution in [2.75, 3.05) is 6.54 Å². The van der Waals surface area contributed by atoms with Crippen LogP contribution in [0, 0.1) is 0 Å². The van der Waals surface area contributed by atoms with Crippen LogP contribution in [0.2, 0.25) is 0 Å². The molecule has 0 aliphatic carbocycles. The summed E-state index contributed by atoms with van der Waals surface area (Å²) in [6.45, 7) is 2.71. The van der Waals surface area contributed by atoms with Gasteiger partial charge in [0.05, 0.1) is 17.7 Å². The van der Waals surface area contributed by atoms with Gasteiger partial charge in [-0.15, -0.1) is 0 Å². The summed E-state index contributed by atoms with van der Waals surface area (Å²) in [5.41, 5.74) is 3.41. The molecule has 5 nitrogen and oxygen atoms in total. The van der Waals surface area contributed by atoms with Crippen molar-refractivity contribution in [1.82, 2.24) is 19.9 Å². The minimum absolute atomic E-state index is 0.668. The fraction of sp³-hybridized carbons (Fsp3) is 0.235. The standard InChI is InChI=1S/C17H16N4O/c1-2-7-18-14(4-1)12-21-8-6-15-13(11-21)10-19-17(20-15)16-5-3-9-22-16/h1-5,7,9-10H,6,8,11-12H2. The molecule has 0 fully saturated rings. The molecule has 0 saturated carbocycles. The first-order valence-electron chi connectivity index (χ1n) is 7.39. The van der Waals surface area contributed by atoms with Crippen molar-refractivity contribution < 1.29 is 4.42 Å². The van der Waals surface area contributed by atoms with Gasteiger partial charge in [0, 0.05) is 44.0 Å². The summed E-state index contributed by atoms with van der Waals surface area (Å²) < 4.78 is 5.37. The van der Waals surface area contributed by atoms with Gasteiger partial charge >= 0.3 is 0 Å². The third-order valence-electron chi connectivity index (χ3n) is 3.87. The first-order valence-corrected chi connectivity index (χ1v) is 7.39. The lowest BCUT2D eigenvalue weighted by molar-refractivity contribution is 0.240. The molecule has 4 rings (SSSR count). The number of fused-ring (bicyclic) bond motifs is 1. The van der Waals surface area contributed by atoms with Gasteiger partial charge in [0.25, 0.3) is 0 Å². The van der Waals surface area contributed by atoms with Crippen LogP contribution in [-0.4, -0.2) is 26.4 Å². The Hall–Kier alpha value is -2.53. The highest BCUT2D eigenvalue weighted by molar-refractivity contribution is 5.46. The zero-order chi connectivity index (χ0) is 14.8. The van der Waals surface area contributed by atoms with Gasteiger partial charge in [-0.05, 0) is 24.3 Å². The first kappa shape index (κ1) is 13.2. The van der Waals surface area contributed by atoms with E-state index in [1.54, 1.807) is 6.26 Å². The molecule has 0 unspecified atom stereocenters. The molecule has 22 heavy (non-hydrogen) atoms. The van der Waals surface area contributed by atoms with Gasteiger partial charge in [0.15, 0.2) is 11.6 Å². The molecule has 0 amide bonds. The van der Waals surface area contributed by atoms with E-state index >= 15 is 0 Å². The van der Waals surface area contributed by atoms with Crippen molar-refractivity contribution >= 4 is 0 Å². The number of hydrogen-bond donors (Lipinski definition) is 0. The Labute approximate surface area is 128 Å². The predicted octanol–water partition coefficient (Wildman–Crippen LogP) is 2.69. The lowest BCUT2D eigenvalue weighted by atomic mass is 10.1. The Morgan fingerprint density at radius 3 is 2.95 bits per heavy atom. The number of nitrogens with zero attached hydrogens (tertiary/aromatic N) is 4. The van der Waals surface area contributed by atoms with Crippen molar-refractivity contribution in [1.29, 1.82) is 0 Å². The average molecular weight is 292 g/mol. The molecular formula is C17H16N4O. The fourth-order valence-corrected chi connectivity index (χ4v) is 2.75. The number of aromatic nitrogens is 3. The number of pyridine rings is 1. The Morgan fingerprint density at radius 2 is 2.14 bits per heavy atom. The molecule has 110 valence electrons. The van der Waals surface area contributed by atoms with E-state index in [1.807, 2.05) is 36.7 Å². The van der Waals surface area contributed by atoms with Crippen molar-refractivity contribution in [3.8, 4) is 11.6 Å². The lowest BCUT2D eigenvalue weighted by Gasteiger charge is -2.27. The van der Waals surface area contributed by atoms with E-state index < -0.39 is 0 Å². The van der Waals surface area contributed by atoms with Gasteiger partial charge in [0.2, 0.25) is 0 Å². The normalized spacial score (nSPS) is 14.7. The fourth-order valence-electron chi connectivity index (χ4n) is 2.75. The van der Waals surface area contributed by atoms with E-state index in [9.17, 15) is 0 Å². The van der Waals surface area contributed by atoms with Crippen molar-refractivity contribution in [2.45, 2.75) is 19.5 Å². The Morgan fingerprint density at radius 1 is 1.14 bits per heavy atom. The second-order valence-electron chi connectivity index (χ2n) is 5.42. The number of hydrogen-bond acceptors (Lipinski definition) is 5. The third-order valence-corrected chi connectivity index (χ3v) is 3.87. The first-order chi connectivity index (χ1) is 10.9. The minimum Gasteiger partial charge on any atom is -0.461 e. The maximum Gasteiger partial charge on any atom is 0.195 e. The molecule has 0 spiro atoms. The highest BCUT2D eigenvalue weighted by Gasteiger charge is 2.19. The van der Waals surface area contributed by atoms with Crippen molar-refractivity contribution in [3.63, 3.8) is 0 Å². The molecule has 4 heterocycles. The second-order valence-corrected chi connectivity index (χ2v) is 5.42. The predicted molar refractivity (Wildman–Crippen MR) is 81.8 cm³/mol. The molecule has 0 bridgehead atoms. The Bertz CT molecular complexity index is 756. The molecule has 0 aromatic carbocycles. The van der Waals surface area contributed by atoms with E-state index in [-0.39, 0.29) is 0 Å². The van der Waals surface area contributed by atoms with Crippen LogP contribution in [-0.2, 0) is 19.5 Å². The van der Waals surface area contributed by atoms with Crippen LogP contribution in [0.15, 0.2) is 53.4 Å². The molecule has 3 aromatic heterocycles. The van der Waals surface area contributed by atoms with E-state index in [4.69, 9.17) is 4.42 Å². The van der Waals surface area contributed by atoms with Crippen LogP contribution in [0.1, 0.15) is 17.0 Å². The van der Waals surface area contributed by atoms with E-state index in [1.165, 1.54) is 5.56 Å². The summed E-state index contributed by atoms with van der Waals surface area (Å²) in [5, 5.41) is 0. The van der Waals surface area contributed by atoms with Gasteiger partial charge in [-0.1, -0.05) is 6.07 Å². The smallest absolute Gasteiger partial charge is 0.195 e. The minimum atomic E-state index is 0.668. The molecular weight excluding hydrogens is 276 g/mol. The van der Waals surface area contributed by atoms with Crippen LogP contribution in [0.3, 0.4) is 0 Å². The largest absolute Gasteiger partial charge is 0.461 e. The summed E-state index contributed by atoms with van der Waals surface area (Å²) in [6.07, 6.45) is 6.34. The third kappa shape index (κ3) is 2.63. The van der Waals surface area contributed by atoms with Crippen molar-refractivity contribution in [3.05, 3.63) is 65.9 Å². The highest BCUT2D eigenvalue weighted by Crippen LogP contribution is 2.21. The van der Waals surface area contributed by atoms with Crippen molar-refractivity contribution in [2.24, 2.45) is 0 Å². The maximum atomic E-state index is 5.37. The zero-order valence-corrected chi connectivity index (χ0v) is 12.1. The summed E-state index contributed by atoms with van der Waals surface area (Å²) in [6, 6.07) is 9.77. The topological polar surface area (TPSA) is 55.1 Å². The molecule has 3 aromatic rings. The molecule has 1 aliphatic rings. The second kappa shape index (κ2) is 5.69. The van der Waals surface area contributed by atoms with Gasteiger partial charge in [0.1, 0.15) is 0 Å². The monoisotopic (exact) mass is 292 g/mol. The number of furan rings is 1. The maximum absolute atomic E-state index is 5.37. The average Bonchev–Trinajstić information content (AvgIpc) is 3.10. The van der Waals surface area contributed by atoms with Crippen LogP contribution in [0.4, 0.5) is 0 Å². The summed E-state index contributed by atoms with van der Waals surface area (Å²) in [5.74, 6) is 1.39. The molecule has 0 saturated heterocycles. The quantitative estimate of drug-likeness (QED) is 0.743. The summed E-state index contributed by atoms with van der Waals surface area (Å²) in [4.78, 5) is 15.8. The molecule has 5 heteroatoms. The van der Waals surface area contributed by atoms with Gasteiger partial charge < -0.3 is 4.42 Å². The van der Waals surface area contributed by atoms with Gasteiger partial charge in [-0.25, -0.2) is 9.97 Å². The highest BCUT2D eigenvalue weighted by atomic mass is 16.3. The van der Waals surface area contributed by atoms with Crippen LogP contribution in [0.25, 0.3) is 11.6 Å². The Balaban J connectivity index is 1.52. The lowest BCUT2D eigenvalue weighted by Crippen LogP contribution is -2.31. The van der Waals surface area contributed by atoms with Crippen LogP contribution < -0.4 is 0 Å². The SMILES string of the molecule is c1ccc(CN2CCc3nc(-c4ccco4)ncc3C2)nc1. The van der Waals surface area contributed by atoms with E-state index in [0.29, 0.717) is 5.82 Å². The number of rotatable bonds is 3. The van der Waals surface area contributed by atoms with Crippen LogP contribution >= 0.6 is 0 Å². The van der Waals surface area contributed by atoms with Crippen LogP contribution in [0.5, 0.6) is 0 Å².